The van der Waals surface area contributed by atoms with E-state index >= 15 is 0 Å². The van der Waals surface area contributed by atoms with Crippen molar-refractivity contribution in [3.05, 3.63) is 28.8 Å². The highest BCUT2D eigenvalue weighted by atomic mass is 32.2. The summed E-state index contributed by atoms with van der Waals surface area (Å²) in [5.74, 6) is 0.248. The number of imide groups is 1. The number of rotatable bonds is 5. The molecule has 0 saturated carbocycles. The van der Waals surface area contributed by atoms with Crippen LogP contribution in [0.1, 0.15) is 32.8 Å². The van der Waals surface area contributed by atoms with E-state index in [-0.39, 0.29) is 24.1 Å². The number of hydrogen-bond acceptors (Lipinski definition) is 8. The minimum atomic E-state index is -0.583. The van der Waals surface area contributed by atoms with Crippen LogP contribution in [-0.4, -0.2) is 71.4 Å². The summed E-state index contributed by atoms with van der Waals surface area (Å²) in [5.41, 5.74) is 0.154. The largest absolute Gasteiger partial charge is 0.444 e. The molecule has 3 rings (SSSR count). The molecular weight excluding hydrogens is 434 g/mol. The Morgan fingerprint density at radius 2 is 1.97 bits per heavy atom. The number of carbonyl (C=O) groups excluding carboxylic acids is 4. The van der Waals surface area contributed by atoms with E-state index in [1.54, 1.807) is 44.0 Å². The van der Waals surface area contributed by atoms with E-state index in [0.29, 0.717) is 36.9 Å². The number of amides is 4. The monoisotopic (exact) mass is 461 g/mol. The van der Waals surface area contributed by atoms with Crippen LogP contribution in [0.3, 0.4) is 0 Å². The molecule has 2 aliphatic heterocycles. The smallest absolute Gasteiger partial charge is 0.407 e. The fraction of sp³-hybridized carbons (Fsp3) is 0.476. The lowest BCUT2D eigenvalue weighted by Crippen LogP contribution is -2.49. The molecule has 2 saturated heterocycles. The Balaban J connectivity index is 1.52. The number of carbonyl (C=O) groups is 4. The summed E-state index contributed by atoms with van der Waals surface area (Å²) >= 11 is 0.864. The average molecular weight is 462 g/mol. The van der Waals surface area contributed by atoms with Crippen LogP contribution in [0, 0.1) is 0 Å². The second-order valence-electron chi connectivity index (χ2n) is 8.31. The van der Waals surface area contributed by atoms with Crippen LogP contribution in [0.15, 0.2) is 23.2 Å². The Bertz CT molecular complexity index is 935. The van der Waals surface area contributed by atoms with Crippen molar-refractivity contribution in [3.8, 4) is 0 Å². The van der Waals surface area contributed by atoms with E-state index < -0.39 is 17.6 Å². The van der Waals surface area contributed by atoms with Gasteiger partial charge in [0.05, 0.1) is 4.91 Å². The number of ether oxygens (including phenoxy) is 1. The number of anilines is 1. The van der Waals surface area contributed by atoms with Crippen LogP contribution in [-0.2, 0) is 14.3 Å². The first-order chi connectivity index (χ1) is 15.1. The van der Waals surface area contributed by atoms with Crippen molar-refractivity contribution >= 4 is 46.8 Å². The molecular formula is C21H27N5O5S. The molecule has 10 nitrogen and oxygen atoms in total. The number of nitrogens with one attached hydrogen (secondary N) is 2. The first kappa shape index (κ1) is 23.6. The van der Waals surface area contributed by atoms with Gasteiger partial charge in [-0.25, -0.2) is 9.78 Å². The third-order valence-electron chi connectivity index (χ3n) is 4.68. The van der Waals surface area contributed by atoms with E-state index in [1.165, 1.54) is 0 Å². The van der Waals surface area contributed by atoms with E-state index in [0.717, 1.165) is 17.3 Å². The van der Waals surface area contributed by atoms with Crippen molar-refractivity contribution in [1.82, 2.24) is 20.5 Å². The molecule has 2 N–H and O–H groups in total. The summed E-state index contributed by atoms with van der Waals surface area (Å²) in [5, 5.41) is 4.45. The van der Waals surface area contributed by atoms with Crippen LogP contribution < -0.4 is 15.5 Å². The molecule has 2 aliphatic rings. The van der Waals surface area contributed by atoms with Crippen LogP contribution in [0.5, 0.6) is 0 Å². The second kappa shape index (κ2) is 10.0. The van der Waals surface area contributed by atoms with Crippen molar-refractivity contribution in [2.24, 2.45) is 0 Å². The zero-order chi connectivity index (χ0) is 23.3. The predicted molar refractivity (Wildman–Crippen MR) is 121 cm³/mol. The van der Waals surface area contributed by atoms with Crippen molar-refractivity contribution in [1.29, 1.82) is 0 Å². The minimum absolute atomic E-state index is 0.0402. The molecule has 2 fully saturated rings. The van der Waals surface area contributed by atoms with Crippen LogP contribution in [0.2, 0.25) is 0 Å². The molecule has 0 unspecified atom stereocenters. The molecule has 1 aromatic rings. The molecule has 172 valence electrons. The summed E-state index contributed by atoms with van der Waals surface area (Å²) in [6, 6.07) is 3.61. The summed E-state index contributed by atoms with van der Waals surface area (Å²) in [4.78, 5) is 56.0. The highest BCUT2D eigenvalue weighted by Gasteiger charge is 2.27. The van der Waals surface area contributed by atoms with Gasteiger partial charge in [0.25, 0.3) is 11.1 Å². The van der Waals surface area contributed by atoms with Crippen molar-refractivity contribution < 1.29 is 23.9 Å². The molecule has 0 radical (unpaired) electrons. The zero-order valence-electron chi connectivity index (χ0n) is 18.3. The Morgan fingerprint density at radius 3 is 2.59 bits per heavy atom. The van der Waals surface area contributed by atoms with Gasteiger partial charge in [-0.05, 0) is 50.7 Å². The van der Waals surface area contributed by atoms with E-state index in [2.05, 4.69) is 20.5 Å². The first-order valence-electron chi connectivity index (χ1n) is 10.3. The summed E-state index contributed by atoms with van der Waals surface area (Å²) in [6.07, 6.45) is 2.99. The number of thioether (sulfide) groups is 1. The van der Waals surface area contributed by atoms with Crippen molar-refractivity contribution in [2.45, 2.75) is 32.8 Å². The van der Waals surface area contributed by atoms with E-state index in [9.17, 15) is 19.2 Å². The quantitative estimate of drug-likeness (QED) is 0.639. The highest BCUT2D eigenvalue weighted by molar-refractivity contribution is 8.18. The van der Waals surface area contributed by atoms with E-state index in [4.69, 9.17) is 4.74 Å². The van der Waals surface area contributed by atoms with Gasteiger partial charge in [-0.1, -0.05) is 0 Å². The number of aromatic nitrogens is 1. The van der Waals surface area contributed by atoms with Gasteiger partial charge in [-0.3, -0.25) is 19.7 Å². The predicted octanol–water partition coefficient (Wildman–Crippen LogP) is 1.97. The molecule has 4 amide bonds. The van der Waals surface area contributed by atoms with Crippen molar-refractivity contribution in [3.63, 3.8) is 0 Å². The lowest BCUT2D eigenvalue weighted by molar-refractivity contribution is -0.131. The fourth-order valence-electron chi connectivity index (χ4n) is 3.26. The molecule has 11 heteroatoms. The number of pyridine rings is 1. The average Bonchev–Trinajstić information content (AvgIpc) is 3.04. The van der Waals surface area contributed by atoms with Gasteiger partial charge in [0.15, 0.2) is 0 Å². The highest BCUT2D eigenvalue weighted by Crippen LogP contribution is 2.29. The molecule has 0 atom stereocenters. The maximum Gasteiger partial charge on any atom is 0.407 e. The van der Waals surface area contributed by atoms with Gasteiger partial charge in [-0.15, -0.1) is 0 Å². The Hall–Kier alpha value is -3.08. The minimum Gasteiger partial charge on any atom is -0.444 e. The Morgan fingerprint density at radius 1 is 1.25 bits per heavy atom. The molecule has 3 heterocycles. The number of nitrogens with zero attached hydrogens (tertiary/aromatic N) is 3. The topological polar surface area (TPSA) is 121 Å². The van der Waals surface area contributed by atoms with Gasteiger partial charge in [0.2, 0.25) is 5.91 Å². The first-order valence-corrected chi connectivity index (χ1v) is 11.1. The number of alkyl carbamates (subject to hydrolysis) is 1. The van der Waals surface area contributed by atoms with Gasteiger partial charge in [0.1, 0.15) is 11.4 Å². The van der Waals surface area contributed by atoms with Gasteiger partial charge < -0.3 is 19.9 Å². The standard InChI is InChI=1S/C21H27N5O5S/c1-21(2,3)31-19(29)23-8-6-16(27)25-9-11-26(12-10-25)17-14(5-4-7-22-17)13-15-18(28)24-20(30)32-15/h4-5,7,13H,6,8-12H2,1-3H3,(H,23,29)(H,24,28,30). The lowest BCUT2D eigenvalue weighted by Gasteiger charge is -2.36. The summed E-state index contributed by atoms with van der Waals surface area (Å²) < 4.78 is 5.16. The summed E-state index contributed by atoms with van der Waals surface area (Å²) in [6.45, 7) is 7.75. The zero-order valence-corrected chi connectivity index (χ0v) is 19.2. The molecule has 0 aliphatic carbocycles. The van der Waals surface area contributed by atoms with Crippen molar-refractivity contribution in [2.75, 3.05) is 37.6 Å². The third-order valence-corrected chi connectivity index (χ3v) is 5.50. The van der Waals surface area contributed by atoms with Gasteiger partial charge >= 0.3 is 6.09 Å². The maximum atomic E-state index is 12.5. The molecule has 32 heavy (non-hydrogen) atoms. The van der Waals surface area contributed by atoms with Gasteiger partial charge in [-0.2, -0.15) is 0 Å². The van der Waals surface area contributed by atoms with Crippen LogP contribution in [0.4, 0.5) is 15.4 Å². The maximum absolute atomic E-state index is 12.5. The SMILES string of the molecule is CC(C)(C)OC(=O)NCCC(=O)N1CCN(c2ncccc2C=C2SC(=O)NC2=O)CC1. The number of hydrogen-bond donors (Lipinski definition) is 2. The normalized spacial score (nSPS) is 18.0. The molecule has 0 aromatic carbocycles. The molecule has 0 bridgehead atoms. The van der Waals surface area contributed by atoms with Crippen LogP contribution >= 0.6 is 11.8 Å². The third kappa shape index (κ3) is 6.46. The van der Waals surface area contributed by atoms with Gasteiger partial charge in [0, 0.05) is 50.9 Å². The number of piperazine rings is 1. The fourth-order valence-corrected chi connectivity index (χ4v) is 3.93. The second-order valence-corrected chi connectivity index (χ2v) is 9.33. The Labute approximate surface area is 190 Å². The van der Waals surface area contributed by atoms with Crippen LogP contribution in [0.25, 0.3) is 6.08 Å². The molecule has 0 spiro atoms. The Kier molecular flexibility index (Phi) is 7.39. The lowest BCUT2D eigenvalue weighted by atomic mass is 10.2. The summed E-state index contributed by atoms with van der Waals surface area (Å²) in [7, 11) is 0. The van der Waals surface area contributed by atoms with E-state index in [1.807, 2.05) is 6.07 Å². The molecule has 1 aromatic heterocycles.